The van der Waals surface area contributed by atoms with E-state index in [2.05, 4.69) is 34.7 Å². The first-order valence-electron chi connectivity index (χ1n) is 6.62. The number of hydrogen-bond acceptors (Lipinski definition) is 3. The van der Waals surface area contributed by atoms with Crippen molar-refractivity contribution in [2.24, 2.45) is 13.0 Å². The fraction of sp³-hybridized carbons (Fsp3) is 0.692. The minimum atomic E-state index is -0.248. The van der Waals surface area contributed by atoms with Crippen molar-refractivity contribution in [3.63, 3.8) is 0 Å². The Kier molecular flexibility index (Phi) is 4.30. The van der Waals surface area contributed by atoms with E-state index >= 15 is 0 Å². The monoisotopic (exact) mass is 329 g/mol. The summed E-state index contributed by atoms with van der Waals surface area (Å²) in [6, 6.07) is 0. The topological polar surface area (TPSA) is 47.2 Å². The summed E-state index contributed by atoms with van der Waals surface area (Å²) in [5.41, 5.74) is 0.350. The van der Waals surface area contributed by atoms with Crippen LogP contribution >= 0.6 is 15.9 Å². The summed E-state index contributed by atoms with van der Waals surface area (Å²) in [6.07, 6.45) is 0.935. The third-order valence-electron chi connectivity index (χ3n) is 3.44. The van der Waals surface area contributed by atoms with E-state index in [-0.39, 0.29) is 11.2 Å². The van der Waals surface area contributed by atoms with Gasteiger partial charge in [-0.3, -0.25) is 18.8 Å². The van der Waals surface area contributed by atoms with Gasteiger partial charge in [-0.25, -0.2) is 4.79 Å². The molecule has 19 heavy (non-hydrogen) atoms. The van der Waals surface area contributed by atoms with Crippen molar-refractivity contribution in [1.29, 1.82) is 0 Å². The number of fused-ring (bicyclic) bond motifs is 1. The molecular weight excluding hydrogens is 310 g/mol. The zero-order valence-electron chi connectivity index (χ0n) is 11.6. The maximum absolute atomic E-state index is 12.2. The Morgan fingerprint density at radius 3 is 2.58 bits per heavy atom. The zero-order chi connectivity index (χ0) is 14.2. The highest BCUT2D eigenvalue weighted by Crippen LogP contribution is 2.17. The van der Waals surface area contributed by atoms with E-state index < -0.39 is 0 Å². The largest absolute Gasteiger partial charge is 0.331 e. The van der Waals surface area contributed by atoms with Gasteiger partial charge in [0.2, 0.25) is 0 Å². The second-order valence-electron chi connectivity index (χ2n) is 5.54. The van der Waals surface area contributed by atoms with Gasteiger partial charge < -0.3 is 0 Å². The number of halogens is 1. The van der Waals surface area contributed by atoms with Crippen LogP contribution in [-0.2, 0) is 20.1 Å². The van der Waals surface area contributed by atoms with Crippen LogP contribution in [0.1, 0.15) is 26.0 Å². The van der Waals surface area contributed by atoms with Crippen LogP contribution in [0, 0.1) is 5.92 Å². The first-order valence-corrected chi connectivity index (χ1v) is 7.41. The summed E-state index contributed by atoms with van der Waals surface area (Å²) in [5.74, 6) is 0.573. The Balaban J connectivity index is 2.48. The lowest BCUT2D eigenvalue weighted by molar-refractivity contribution is 0.239. The highest BCUT2D eigenvalue weighted by molar-refractivity contribution is 9.10. The van der Waals surface area contributed by atoms with E-state index in [4.69, 9.17) is 0 Å². The molecule has 0 saturated heterocycles. The van der Waals surface area contributed by atoms with Gasteiger partial charge in [0.1, 0.15) is 4.47 Å². The number of rotatable bonds is 2. The first-order chi connectivity index (χ1) is 8.91. The number of nitrogens with zero attached hydrogens (tertiary/aromatic N) is 3. The maximum atomic E-state index is 12.2. The molecule has 1 aromatic rings. The van der Waals surface area contributed by atoms with E-state index in [0.29, 0.717) is 23.5 Å². The van der Waals surface area contributed by atoms with E-state index in [1.807, 2.05) is 0 Å². The Hall–Kier alpha value is -0.880. The number of aromatic nitrogens is 2. The van der Waals surface area contributed by atoms with Gasteiger partial charge in [0.05, 0.1) is 5.69 Å². The molecule has 0 atom stereocenters. The van der Waals surface area contributed by atoms with Crippen molar-refractivity contribution in [2.45, 2.75) is 33.4 Å². The van der Waals surface area contributed by atoms with Crippen LogP contribution in [0.5, 0.6) is 0 Å². The van der Waals surface area contributed by atoms with Crippen molar-refractivity contribution in [3.05, 3.63) is 31.0 Å². The normalized spacial score (nSPS) is 16.5. The summed E-state index contributed by atoms with van der Waals surface area (Å²) in [4.78, 5) is 26.5. The van der Waals surface area contributed by atoms with Gasteiger partial charge in [0.15, 0.2) is 0 Å². The van der Waals surface area contributed by atoms with Gasteiger partial charge >= 0.3 is 5.69 Å². The van der Waals surface area contributed by atoms with Crippen LogP contribution in [0.2, 0.25) is 0 Å². The first kappa shape index (κ1) is 14.5. The Labute approximate surface area is 121 Å². The minimum Gasteiger partial charge on any atom is -0.297 e. The molecule has 0 radical (unpaired) electrons. The lowest BCUT2D eigenvalue weighted by Gasteiger charge is -2.22. The van der Waals surface area contributed by atoms with Crippen LogP contribution in [0.25, 0.3) is 0 Å². The highest BCUT2D eigenvalue weighted by atomic mass is 79.9. The fourth-order valence-corrected chi connectivity index (χ4v) is 3.18. The molecule has 0 saturated carbocycles. The van der Waals surface area contributed by atoms with Gasteiger partial charge in [0, 0.05) is 33.2 Å². The molecule has 106 valence electrons. The Morgan fingerprint density at radius 2 is 1.95 bits per heavy atom. The van der Waals surface area contributed by atoms with Crippen LogP contribution in [-0.4, -0.2) is 27.1 Å². The maximum Gasteiger partial charge on any atom is 0.331 e. The molecule has 0 amide bonds. The van der Waals surface area contributed by atoms with Gasteiger partial charge in [-0.05, 0) is 28.3 Å². The van der Waals surface area contributed by atoms with Crippen molar-refractivity contribution < 1.29 is 0 Å². The molecule has 0 aromatic carbocycles. The summed E-state index contributed by atoms with van der Waals surface area (Å²) < 4.78 is 3.42. The number of hydrogen-bond donors (Lipinski definition) is 0. The highest BCUT2D eigenvalue weighted by Gasteiger charge is 2.21. The van der Waals surface area contributed by atoms with Crippen molar-refractivity contribution in [1.82, 2.24) is 14.0 Å². The standard InChI is InChI=1S/C13H20BrN3O2/c1-9(2)7-16-5-4-6-17-10(8-16)11(14)12(18)15(3)13(17)19/h9H,4-8H2,1-3H3. The van der Waals surface area contributed by atoms with Crippen LogP contribution in [0.3, 0.4) is 0 Å². The van der Waals surface area contributed by atoms with E-state index in [1.54, 1.807) is 4.57 Å². The molecule has 6 heteroatoms. The van der Waals surface area contributed by atoms with E-state index in [1.165, 1.54) is 11.6 Å². The lowest BCUT2D eigenvalue weighted by Crippen LogP contribution is -2.40. The molecular formula is C13H20BrN3O2. The lowest BCUT2D eigenvalue weighted by atomic mass is 10.2. The molecule has 1 aliphatic heterocycles. The molecule has 0 N–H and O–H groups in total. The summed E-state index contributed by atoms with van der Waals surface area (Å²) in [6.45, 7) is 7.63. The molecule has 5 nitrogen and oxygen atoms in total. The second-order valence-corrected chi connectivity index (χ2v) is 6.33. The molecule has 0 unspecified atom stereocenters. The third-order valence-corrected chi connectivity index (χ3v) is 4.24. The van der Waals surface area contributed by atoms with Gasteiger partial charge in [-0.15, -0.1) is 0 Å². The second kappa shape index (κ2) is 5.63. The minimum absolute atomic E-state index is 0.213. The molecule has 0 aliphatic carbocycles. The van der Waals surface area contributed by atoms with E-state index in [0.717, 1.165) is 25.2 Å². The molecule has 1 aliphatic rings. The average molecular weight is 330 g/mol. The average Bonchev–Trinajstić information content (AvgIpc) is 2.55. The smallest absolute Gasteiger partial charge is 0.297 e. The van der Waals surface area contributed by atoms with Gasteiger partial charge in [-0.1, -0.05) is 13.8 Å². The Morgan fingerprint density at radius 1 is 1.26 bits per heavy atom. The molecule has 2 heterocycles. The van der Waals surface area contributed by atoms with Crippen LogP contribution in [0.4, 0.5) is 0 Å². The van der Waals surface area contributed by atoms with Crippen molar-refractivity contribution in [3.8, 4) is 0 Å². The van der Waals surface area contributed by atoms with Crippen molar-refractivity contribution >= 4 is 15.9 Å². The summed E-state index contributed by atoms with van der Waals surface area (Å²) >= 11 is 3.36. The van der Waals surface area contributed by atoms with Crippen LogP contribution in [0.15, 0.2) is 14.1 Å². The predicted octanol–water partition coefficient (Wildman–Crippen LogP) is 1.17. The third kappa shape index (κ3) is 2.84. The SMILES string of the molecule is CC(C)CN1CCCn2c(c(Br)c(=O)n(C)c2=O)C1. The van der Waals surface area contributed by atoms with E-state index in [9.17, 15) is 9.59 Å². The van der Waals surface area contributed by atoms with Gasteiger partial charge in [-0.2, -0.15) is 0 Å². The molecule has 0 spiro atoms. The van der Waals surface area contributed by atoms with Gasteiger partial charge in [0.25, 0.3) is 5.56 Å². The van der Waals surface area contributed by atoms with Crippen molar-refractivity contribution in [2.75, 3.05) is 13.1 Å². The zero-order valence-corrected chi connectivity index (χ0v) is 13.2. The summed E-state index contributed by atoms with van der Waals surface area (Å²) in [5, 5.41) is 0. The molecule has 0 bridgehead atoms. The fourth-order valence-electron chi connectivity index (χ4n) is 2.57. The summed E-state index contributed by atoms with van der Waals surface area (Å²) in [7, 11) is 1.53. The molecule has 1 aromatic heterocycles. The quantitative estimate of drug-likeness (QED) is 0.818. The Bertz CT molecular complexity index is 589. The predicted molar refractivity (Wildman–Crippen MR) is 78.4 cm³/mol. The molecule has 2 rings (SSSR count). The van der Waals surface area contributed by atoms with Crippen LogP contribution < -0.4 is 11.2 Å². The molecule has 0 fully saturated rings.